The molecule has 30 heavy (non-hydrogen) atoms. The molecule has 1 aromatic heterocycles. The molecular formula is C20H19N3O7. The minimum absolute atomic E-state index is 0.0812. The molecule has 156 valence electrons. The Balaban J connectivity index is 1.56. The molecule has 0 fully saturated rings. The van der Waals surface area contributed by atoms with Crippen LogP contribution in [0.25, 0.3) is 11.5 Å². The van der Waals surface area contributed by atoms with Crippen LogP contribution in [0.15, 0.2) is 57.7 Å². The number of carbonyl (C=O) groups is 2. The van der Waals surface area contributed by atoms with Gasteiger partial charge in [0, 0.05) is 11.6 Å². The lowest BCUT2D eigenvalue weighted by atomic mass is 10.2. The topological polar surface area (TPSA) is 122 Å². The molecule has 0 aliphatic carbocycles. The summed E-state index contributed by atoms with van der Waals surface area (Å²) in [5, 5.41) is 6.53. The first kappa shape index (κ1) is 20.6. The van der Waals surface area contributed by atoms with E-state index in [4.69, 9.17) is 18.6 Å². The molecule has 1 heterocycles. The molecule has 0 aliphatic rings. The van der Waals surface area contributed by atoms with Crippen LogP contribution in [0, 0.1) is 0 Å². The smallest absolute Gasteiger partial charge is 0.437 e. The van der Waals surface area contributed by atoms with Crippen molar-refractivity contribution in [2.75, 3.05) is 26.1 Å². The molecule has 10 nitrogen and oxygen atoms in total. The fourth-order valence-electron chi connectivity index (χ4n) is 2.51. The number of esters is 1. The van der Waals surface area contributed by atoms with Crippen LogP contribution in [0.1, 0.15) is 0 Å². The highest BCUT2D eigenvalue weighted by molar-refractivity contribution is 5.94. The molecule has 1 N–H and O–H groups in total. The number of hydrogen-bond acceptors (Lipinski definition) is 8. The fraction of sp³-hybridized carbons (Fsp3) is 0.200. The summed E-state index contributed by atoms with van der Waals surface area (Å²) in [7, 11) is 2.96. The number of nitrogens with one attached hydrogen (secondary N) is 1. The zero-order chi connectivity index (χ0) is 21.5. The van der Waals surface area contributed by atoms with Gasteiger partial charge in [-0.3, -0.25) is 9.59 Å². The van der Waals surface area contributed by atoms with Crippen molar-refractivity contribution in [3.8, 4) is 23.0 Å². The predicted molar refractivity (Wildman–Crippen MR) is 105 cm³/mol. The van der Waals surface area contributed by atoms with Crippen molar-refractivity contribution in [1.29, 1.82) is 0 Å². The number of benzene rings is 2. The van der Waals surface area contributed by atoms with Crippen LogP contribution in [0.2, 0.25) is 0 Å². The van der Waals surface area contributed by atoms with Crippen LogP contribution in [-0.4, -0.2) is 42.5 Å². The summed E-state index contributed by atoms with van der Waals surface area (Å²) >= 11 is 0. The van der Waals surface area contributed by atoms with Crippen molar-refractivity contribution in [3.63, 3.8) is 0 Å². The van der Waals surface area contributed by atoms with Gasteiger partial charge in [0.15, 0.2) is 6.61 Å². The van der Waals surface area contributed by atoms with E-state index in [0.29, 0.717) is 22.7 Å². The molecule has 3 aromatic rings. The predicted octanol–water partition coefficient (Wildman–Crippen LogP) is 1.70. The zero-order valence-electron chi connectivity index (χ0n) is 16.3. The van der Waals surface area contributed by atoms with Crippen molar-refractivity contribution in [2.24, 2.45) is 0 Å². The summed E-state index contributed by atoms with van der Waals surface area (Å²) in [6.07, 6.45) is 0. The lowest BCUT2D eigenvalue weighted by Crippen LogP contribution is -2.26. The molecule has 0 atom stereocenters. The van der Waals surface area contributed by atoms with E-state index < -0.39 is 30.8 Å². The van der Waals surface area contributed by atoms with Gasteiger partial charge in [-0.2, -0.15) is 4.68 Å². The monoisotopic (exact) mass is 413 g/mol. The summed E-state index contributed by atoms with van der Waals surface area (Å²) in [6, 6.07) is 13.6. The summed E-state index contributed by atoms with van der Waals surface area (Å²) in [4.78, 5) is 35.9. The van der Waals surface area contributed by atoms with Gasteiger partial charge in [-0.25, -0.2) is 4.79 Å². The molecular weight excluding hydrogens is 394 g/mol. The Morgan fingerprint density at radius 3 is 2.57 bits per heavy atom. The van der Waals surface area contributed by atoms with E-state index in [-0.39, 0.29) is 5.89 Å². The first-order valence-corrected chi connectivity index (χ1v) is 8.81. The zero-order valence-corrected chi connectivity index (χ0v) is 16.3. The normalized spacial score (nSPS) is 10.3. The average molecular weight is 413 g/mol. The van der Waals surface area contributed by atoms with Crippen LogP contribution >= 0.6 is 0 Å². The summed E-state index contributed by atoms with van der Waals surface area (Å²) in [6.45, 7) is -1.04. The Labute approximate surface area is 171 Å². The van der Waals surface area contributed by atoms with Gasteiger partial charge in [0.2, 0.25) is 5.89 Å². The molecule has 0 aliphatic heterocycles. The maximum atomic E-state index is 12.1. The van der Waals surface area contributed by atoms with E-state index in [1.165, 1.54) is 14.2 Å². The highest BCUT2D eigenvalue weighted by atomic mass is 16.5. The third-order valence-electron chi connectivity index (χ3n) is 3.95. The quantitative estimate of drug-likeness (QED) is 0.554. The second-order valence-electron chi connectivity index (χ2n) is 5.97. The van der Waals surface area contributed by atoms with E-state index in [1.807, 2.05) is 6.07 Å². The standard InChI is InChI=1S/C20H19N3O7/c1-27-14-8-9-15(16(10-14)28-2)21-17(24)12-29-18(25)11-23-20(26)30-19(22-23)13-6-4-3-5-7-13/h3-10H,11-12H2,1-2H3,(H,21,24). The van der Waals surface area contributed by atoms with Crippen LogP contribution in [0.3, 0.4) is 0 Å². The molecule has 0 saturated carbocycles. The number of methoxy groups -OCH3 is 2. The molecule has 10 heteroatoms. The summed E-state index contributed by atoms with van der Waals surface area (Å²) < 4.78 is 21.0. The minimum Gasteiger partial charge on any atom is -0.497 e. The van der Waals surface area contributed by atoms with Gasteiger partial charge in [-0.15, -0.1) is 5.10 Å². The van der Waals surface area contributed by atoms with Crippen LogP contribution in [0.5, 0.6) is 11.5 Å². The van der Waals surface area contributed by atoms with Gasteiger partial charge < -0.3 is 23.9 Å². The summed E-state index contributed by atoms with van der Waals surface area (Å²) in [5.41, 5.74) is 0.981. The van der Waals surface area contributed by atoms with E-state index in [9.17, 15) is 14.4 Å². The van der Waals surface area contributed by atoms with Crippen LogP contribution in [0.4, 0.5) is 5.69 Å². The Morgan fingerprint density at radius 1 is 1.10 bits per heavy atom. The van der Waals surface area contributed by atoms with Crippen molar-refractivity contribution < 1.29 is 28.2 Å². The molecule has 0 radical (unpaired) electrons. The largest absolute Gasteiger partial charge is 0.497 e. The second-order valence-corrected chi connectivity index (χ2v) is 5.97. The van der Waals surface area contributed by atoms with Crippen LogP contribution < -0.4 is 20.5 Å². The fourth-order valence-corrected chi connectivity index (χ4v) is 2.51. The van der Waals surface area contributed by atoms with Gasteiger partial charge in [-0.1, -0.05) is 18.2 Å². The van der Waals surface area contributed by atoms with Crippen molar-refractivity contribution in [2.45, 2.75) is 6.54 Å². The first-order chi connectivity index (χ1) is 14.5. The molecule has 0 bridgehead atoms. The molecule has 1 amide bonds. The molecule has 0 unspecified atom stereocenters. The summed E-state index contributed by atoms with van der Waals surface area (Å²) in [5.74, 6) is -1.18. The van der Waals surface area contributed by atoms with Gasteiger partial charge in [0.25, 0.3) is 5.91 Å². The number of carbonyl (C=O) groups excluding carboxylic acids is 2. The van der Waals surface area contributed by atoms with Crippen LogP contribution in [-0.2, 0) is 20.9 Å². The van der Waals surface area contributed by atoms with Gasteiger partial charge in [0.05, 0.1) is 19.9 Å². The van der Waals surface area contributed by atoms with E-state index in [1.54, 1.807) is 42.5 Å². The molecule has 3 rings (SSSR count). The van der Waals surface area contributed by atoms with E-state index in [0.717, 1.165) is 4.68 Å². The Kier molecular flexibility index (Phi) is 6.48. The number of amides is 1. The maximum Gasteiger partial charge on any atom is 0.437 e. The van der Waals surface area contributed by atoms with Gasteiger partial charge in [-0.05, 0) is 24.3 Å². The third-order valence-corrected chi connectivity index (χ3v) is 3.95. The highest BCUT2D eigenvalue weighted by Gasteiger charge is 2.16. The number of ether oxygens (including phenoxy) is 3. The lowest BCUT2D eigenvalue weighted by molar-refractivity contribution is -0.148. The Morgan fingerprint density at radius 2 is 1.87 bits per heavy atom. The molecule has 0 saturated heterocycles. The van der Waals surface area contributed by atoms with Crippen molar-refractivity contribution >= 4 is 17.6 Å². The molecule has 0 spiro atoms. The lowest BCUT2D eigenvalue weighted by Gasteiger charge is -2.11. The minimum atomic E-state index is -0.818. The molecule has 2 aromatic carbocycles. The first-order valence-electron chi connectivity index (χ1n) is 8.81. The third kappa shape index (κ3) is 5.04. The average Bonchev–Trinajstić information content (AvgIpc) is 3.13. The second kappa shape index (κ2) is 9.41. The van der Waals surface area contributed by atoms with E-state index >= 15 is 0 Å². The number of hydrogen-bond donors (Lipinski definition) is 1. The van der Waals surface area contributed by atoms with E-state index in [2.05, 4.69) is 10.4 Å². The number of rotatable bonds is 8. The Hall–Kier alpha value is -4.08. The van der Waals surface area contributed by atoms with Gasteiger partial charge >= 0.3 is 11.7 Å². The maximum absolute atomic E-state index is 12.1. The SMILES string of the molecule is COc1ccc(NC(=O)COC(=O)Cn2nc(-c3ccccc3)oc2=O)c(OC)c1. The van der Waals surface area contributed by atoms with Crippen molar-refractivity contribution in [1.82, 2.24) is 9.78 Å². The number of anilines is 1. The Bertz CT molecular complexity index is 1090. The number of aromatic nitrogens is 2. The van der Waals surface area contributed by atoms with Crippen molar-refractivity contribution in [3.05, 3.63) is 59.1 Å². The highest BCUT2D eigenvalue weighted by Crippen LogP contribution is 2.28. The van der Waals surface area contributed by atoms with Gasteiger partial charge in [0.1, 0.15) is 18.0 Å². The number of nitrogens with zero attached hydrogens (tertiary/aromatic N) is 2.